The van der Waals surface area contributed by atoms with Gasteiger partial charge < -0.3 is 14.8 Å². The lowest BCUT2D eigenvalue weighted by Gasteiger charge is -2.12. The third-order valence-electron chi connectivity index (χ3n) is 4.28. The molecule has 0 saturated carbocycles. The van der Waals surface area contributed by atoms with E-state index >= 15 is 0 Å². The molecular formula is C20H21NO3. The van der Waals surface area contributed by atoms with Crippen molar-refractivity contribution in [2.75, 3.05) is 14.2 Å². The van der Waals surface area contributed by atoms with E-state index in [2.05, 4.69) is 17.4 Å². The molecule has 0 radical (unpaired) electrons. The van der Waals surface area contributed by atoms with E-state index in [0.29, 0.717) is 11.5 Å². The predicted molar refractivity (Wildman–Crippen MR) is 94.2 cm³/mol. The Hall–Kier alpha value is -2.75. The monoisotopic (exact) mass is 323 g/mol. The van der Waals surface area contributed by atoms with Crippen molar-refractivity contribution in [1.29, 1.82) is 0 Å². The van der Waals surface area contributed by atoms with Crippen LogP contribution in [0.4, 0.5) is 0 Å². The molecule has 1 atom stereocenters. The Labute approximate surface area is 142 Å². The molecule has 0 saturated heterocycles. The van der Waals surface area contributed by atoms with Crippen molar-refractivity contribution < 1.29 is 14.3 Å². The van der Waals surface area contributed by atoms with Crippen LogP contribution < -0.4 is 14.8 Å². The number of fused-ring (bicyclic) bond motifs is 1. The number of methoxy groups -OCH3 is 2. The minimum atomic E-state index is -0.0912. The summed E-state index contributed by atoms with van der Waals surface area (Å²) in [4.78, 5) is 12.2. The van der Waals surface area contributed by atoms with Gasteiger partial charge in [0.2, 0.25) is 5.91 Å². The molecule has 1 aliphatic rings. The van der Waals surface area contributed by atoms with Crippen LogP contribution in [0.5, 0.6) is 11.5 Å². The molecule has 4 nitrogen and oxygen atoms in total. The second kappa shape index (κ2) is 7.21. The molecular weight excluding hydrogens is 302 g/mol. The highest BCUT2D eigenvalue weighted by Gasteiger charge is 2.22. The van der Waals surface area contributed by atoms with Gasteiger partial charge in [0.05, 0.1) is 20.3 Å². The van der Waals surface area contributed by atoms with Crippen molar-refractivity contribution in [2.45, 2.75) is 18.9 Å². The van der Waals surface area contributed by atoms with Crippen LogP contribution in [-0.4, -0.2) is 20.1 Å². The van der Waals surface area contributed by atoms with Gasteiger partial charge in [0.15, 0.2) is 11.5 Å². The Bertz CT molecular complexity index is 767. The van der Waals surface area contributed by atoms with Crippen molar-refractivity contribution in [3.05, 3.63) is 65.2 Å². The maximum absolute atomic E-state index is 12.2. The molecule has 0 heterocycles. The van der Waals surface area contributed by atoms with E-state index in [4.69, 9.17) is 9.47 Å². The van der Waals surface area contributed by atoms with E-state index in [-0.39, 0.29) is 11.9 Å². The summed E-state index contributed by atoms with van der Waals surface area (Å²) in [6, 6.07) is 13.9. The van der Waals surface area contributed by atoms with Crippen molar-refractivity contribution in [3.63, 3.8) is 0 Å². The number of carbonyl (C=O) groups is 1. The Balaban J connectivity index is 1.66. The van der Waals surface area contributed by atoms with Gasteiger partial charge in [-0.1, -0.05) is 30.3 Å². The lowest BCUT2D eigenvalue weighted by molar-refractivity contribution is -0.117. The first-order chi connectivity index (χ1) is 11.7. The van der Waals surface area contributed by atoms with Crippen molar-refractivity contribution >= 4 is 12.0 Å². The zero-order chi connectivity index (χ0) is 16.9. The number of hydrogen-bond donors (Lipinski definition) is 1. The lowest BCUT2D eigenvalue weighted by atomic mass is 10.1. The van der Waals surface area contributed by atoms with E-state index in [0.717, 1.165) is 18.4 Å². The van der Waals surface area contributed by atoms with E-state index in [1.165, 1.54) is 11.1 Å². The van der Waals surface area contributed by atoms with Gasteiger partial charge >= 0.3 is 0 Å². The number of rotatable bonds is 5. The Morgan fingerprint density at radius 3 is 2.71 bits per heavy atom. The first-order valence-corrected chi connectivity index (χ1v) is 7.99. The SMILES string of the molecule is COc1ccc(/C=C/C(=O)NC2CCc3ccccc32)cc1OC. The van der Waals surface area contributed by atoms with Crippen molar-refractivity contribution in [3.8, 4) is 11.5 Å². The van der Waals surface area contributed by atoms with Gasteiger partial charge in [0.25, 0.3) is 0 Å². The highest BCUT2D eigenvalue weighted by atomic mass is 16.5. The summed E-state index contributed by atoms with van der Waals surface area (Å²) in [5.74, 6) is 1.22. The van der Waals surface area contributed by atoms with E-state index in [1.54, 1.807) is 26.4 Å². The average Bonchev–Trinajstić information content (AvgIpc) is 3.02. The molecule has 1 amide bonds. The normalized spacial score (nSPS) is 16.0. The minimum Gasteiger partial charge on any atom is -0.493 e. The third kappa shape index (κ3) is 3.43. The number of benzene rings is 2. The largest absolute Gasteiger partial charge is 0.493 e. The molecule has 0 spiro atoms. The Morgan fingerprint density at radius 2 is 1.92 bits per heavy atom. The van der Waals surface area contributed by atoms with Crippen LogP contribution in [0.2, 0.25) is 0 Å². The number of nitrogens with one attached hydrogen (secondary N) is 1. The van der Waals surface area contributed by atoms with Crippen LogP contribution in [0.1, 0.15) is 29.2 Å². The summed E-state index contributed by atoms with van der Waals surface area (Å²) in [6.07, 6.45) is 5.30. The first kappa shape index (κ1) is 16.1. The number of amides is 1. The van der Waals surface area contributed by atoms with Crippen molar-refractivity contribution in [1.82, 2.24) is 5.32 Å². The zero-order valence-corrected chi connectivity index (χ0v) is 13.9. The molecule has 1 unspecified atom stereocenters. The topological polar surface area (TPSA) is 47.6 Å². The molecule has 24 heavy (non-hydrogen) atoms. The summed E-state index contributed by atoms with van der Waals surface area (Å²) < 4.78 is 10.5. The maximum Gasteiger partial charge on any atom is 0.244 e. The molecule has 124 valence electrons. The first-order valence-electron chi connectivity index (χ1n) is 7.99. The minimum absolute atomic E-state index is 0.0912. The molecule has 2 aromatic rings. The quantitative estimate of drug-likeness (QED) is 0.857. The standard InChI is InChI=1S/C20H21NO3/c1-23-18-11-7-14(13-19(18)24-2)8-12-20(22)21-17-10-9-15-5-3-4-6-16(15)17/h3-8,11-13,17H,9-10H2,1-2H3,(H,21,22)/b12-8+. The predicted octanol–water partition coefficient (Wildman–Crippen LogP) is 3.52. The maximum atomic E-state index is 12.2. The van der Waals surface area contributed by atoms with Gasteiger partial charge in [0.1, 0.15) is 0 Å². The van der Waals surface area contributed by atoms with Gasteiger partial charge in [-0.25, -0.2) is 0 Å². The van der Waals surface area contributed by atoms with Gasteiger partial charge in [-0.15, -0.1) is 0 Å². The molecule has 1 aliphatic carbocycles. The molecule has 0 aliphatic heterocycles. The van der Waals surface area contributed by atoms with Crippen LogP contribution in [-0.2, 0) is 11.2 Å². The van der Waals surface area contributed by atoms with Gasteiger partial charge in [0, 0.05) is 6.08 Å². The summed E-state index contributed by atoms with van der Waals surface area (Å²) in [6.45, 7) is 0. The number of aryl methyl sites for hydroxylation is 1. The van der Waals surface area contributed by atoms with E-state index < -0.39 is 0 Å². The number of ether oxygens (including phenoxy) is 2. The summed E-state index contributed by atoms with van der Waals surface area (Å²) in [7, 11) is 3.19. The number of carbonyl (C=O) groups excluding carboxylic acids is 1. The molecule has 1 N–H and O–H groups in total. The fourth-order valence-corrected chi connectivity index (χ4v) is 3.06. The zero-order valence-electron chi connectivity index (χ0n) is 13.9. The fraction of sp³-hybridized carbons (Fsp3) is 0.250. The highest BCUT2D eigenvalue weighted by Crippen LogP contribution is 2.31. The van der Waals surface area contributed by atoms with Crippen molar-refractivity contribution in [2.24, 2.45) is 0 Å². The van der Waals surface area contributed by atoms with Crippen LogP contribution in [0.15, 0.2) is 48.5 Å². The Kier molecular flexibility index (Phi) is 4.85. The van der Waals surface area contributed by atoms with Crippen LogP contribution in [0.3, 0.4) is 0 Å². The summed E-state index contributed by atoms with van der Waals surface area (Å²) >= 11 is 0. The highest BCUT2D eigenvalue weighted by molar-refractivity contribution is 5.92. The van der Waals surface area contributed by atoms with Gasteiger partial charge in [-0.2, -0.15) is 0 Å². The second-order valence-electron chi connectivity index (χ2n) is 5.75. The lowest BCUT2D eigenvalue weighted by Crippen LogP contribution is -2.25. The summed E-state index contributed by atoms with van der Waals surface area (Å²) in [5.41, 5.74) is 3.44. The smallest absolute Gasteiger partial charge is 0.244 e. The third-order valence-corrected chi connectivity index (χ3v) is 4.28. The Morgan fingerprint density at radius 1 is 1.12 bits per heavy atom. The fourth-order valence-electron chi connectivity index (χ4n) is 3.06. The average molecular weight is 323 g/mol. The van der Waals surface area contributed by atoms with Crippen LogP contribution in [0.25, 0.3) is 6.08 Å². The summed E-state index contributed by atoms with van der Waals surface area (Å²) in [5, 5.41) is 3.07. The van der Waals surface area contributed by atoms with Crippen LogP contribution in [0, 0.1) is 0 Å². The molecule has 4 heteroatoms. The molecule has 0 bridgehead atoms. The van der Waals surface area contributed by atoms with E-state index in [9.17, 15) is 4.79 Å². The molecule has 0 fully saturated rings. The second-order valence-corrected chi connectivity index (χ2v) is 5.75. The molecule has 0 aromatic heterocycles. The van der Waals surface area contributed by atoms with Gasteiger partial charge in [-0.05, 0) is 47.7 Å². The molecule has 3 rings (SSSR count). The molecule has 2 aromatic carbocycles. The van der Waals surface area contributed by atoms with Gasteiger partial charge in [-0.3, -0.25) is 4.79 Å². The van der Waals surface area contributed by atoms with E-state index in [1.807, 2.05) is 30.3 Å². The van der Waals surface area contributed by atoms with Crippen LogP contribution >= 0.6 is 0 Å². The number of hydrogen-bond acceptors (Lipinski definition) is 3.